The largest absolute Gasteiger partial charge is 0.493 e. The van der Waals surface area contributed by atoms with Crippen LogP contribution in [-0.4, -0.2) is 18.6 Å². The fraction of sp³-hybridized carbons (Fsp3) is 0.200. The number of rotatable bonds is 3. The number of carbonyl (C=O) groups excluding carboxylic acids is 1. The first-order valence-electron chi connectivity index (χ1n) is 6.23. The van der Waals surface area contributed by atoms with Gasteiger partial charge in [0.15, 0.2) is 11.5 Å². The fourth-order valence-electron chi connectivity index (χ4n) is 2.45. The summed E-state index contributed by atoms with van der Waals surface area (Å²) in [5.41, 5.74) is 2.59. The molecule has 2 heterocycles. The molecule has 0 atom stereocenters. The fourth-order valence-corrected chi connectivity index (χ4v) is 3.31. The summed E-state index contributed by atoms with van der Waals surface area (Å²) in [5, 5.41) is 1.65. The van der Waals surface area contributed by atoms with Crippen LogP contribution in [0.3, 0.4) is 0 Å². The van der Waals surface area contributed by atoms with Gasteiger partial charge in [-0.3, -0.25) is 9.79 Å². The molecule has 0 fully saturated rings. The van der Waals surface area contributed by atoms with E-state index in [2.05, 4.69) is 4.99 Å². The highest BCUT2D eigenvalue weighted by Gasteiger charge is 2.33. The van der Waals surface area contributed by atoms with E-state index in [0.717, 1.165) is 5.70 Å². The van der Waals surface area contributed by atoms with Gasteiger partial charge in [-0.15, -0.1) is 11.3 Å². The molecule has 3 rings (SSSR count). The molecule has 1 aromatic heterocycles. The third-order valence-electron chi connectivity index (χ3n) is 3.30. The zero-order valence-electron chi connectivity index (χ0n) is 11.4. The highest BCUT2D eigenvalue weighted by atomic mass is 35.5. The van der Waals surface area contributed by atoms with Crippen LogP contribution in [0.5, 0.6) is 0 Å². The molecule has 3 nitrogen and oxygen atoms in total. The molecule has 1 aromatic rings. The van der Waals surface area contributed by atoms with Gasteiger partial charge in [0, 0.05) is 28.6 Å². The Labute approximate surface area is 130 Å². The lowest BCUT2D eigenvalue weighted by Gasteiger charge is -2.19. The van der Waals surface area contributed by atoms with E-state index in [9.17, 15) is 9.18 Å². The minimum absolute atomic E-state index is 0.0118. The number of methoxy groups -OCH3 is 1. The molecule has 21 heavy (non-hydrogen) atoms. The highest BCUT2D eigenvalue weighted by molar-refractivity contribution is 7.14. The number of halogens is 2. The van der Waals surface area contributed by atoms with Crippen molar-refractivity contribution in [2.24, 2.45) is 4.99 Å². The number of thiophene rings is 1. The molecule has 0 spiro atoms. The van der Waals surface area contributed by atoms with Gasteiger partial charge in [-0.2, -0.15) is 0 Å². The van der Waals surface area contributed by atoms with Crippen molar-refractivity contribution in [1.82, 2.24) is 0 Å². The maximum Gasteiger partial charge on any atom is 0.198 e. The van der Waals surface area contributed by atoms with Gasteiger partial charge < -0.3 is 4.74 Å². The Hall–Kier alpha value is -1.72. The maximum absolute atomic E-state index is 14.2. The third kappa shape index (κ3) is 2.36. The lowest BCUT2D eigenvalue weighted by molar-refractivity contribution is 0.102. The van der Waals surface area contributed by atoms with Crippen LogP contribution in [0.4, 0.5) is 4.39 Å². The predicted octanol–water partition coefficient (Wildman–Crippen LogP) is 4.47. The monoisotopic (exact) mass is 323 g/mol. The number of ether oxygens (including phenoxy) is 1. The first-order chi connectivity index (χ1) is 10.0. The number of allylic oxidation sites excluding steroid dienone is 5. The summed E-state index contributed by atoms with van der Waals surface area (Å²) in [6.07, 6.45) is 1.83. The predicted molar refractivity (Wildman–Crippen MR) is 81.6 cm³/mol. The Morgan fingerprint density at radius 3 is 2.90 bits per heavy atom. The molecular formula is C15H11ClFNO2S. The van der Waals surface area contributed by atoms with Crippen molar-refractivity contribution in [3.05, 3.63) is 55.9 Å². The number of hydrogen-bond donors (Lipinski definition) is 0. The Kier molecular flexibility index (Phi) is 3.55. The molecule has 0 aromatic carbocycles. The minimum Gasteiger partial charge on any atom is -0.493 e. The van der Waals surface area contributed by atoms with E-state index in [4.69, 9.17) is 16.3 Å². The van der Waals surface area contributed by atoms with Crippen molar-refractivity contribution in [3.8, 4) is 0 Å². The highest BCUT2D eigenvalue weighted by Crippen LogP contribution is 2.37. The number of aliphatic imine (C=N–C) groups is 1. The molecule has 0 amide bonds. The van der Waals surface area contributed by atoms with Crippen molar-refractivity contribution in [2.45, 2.75) is 13.3 Å². The minimum atomic E-state index is -0.479. The standard InChI is InChI=1S/C15H11ClFNO2S/c1-7-3-9-11(18-7)5-10(17)15(20-2)13(9)14(19)8-4-12(16)21-6-8/h3-4,6H,5H2,1-2H3. The number of nitrogens with zero attached hydrogens (tertiary/aromatic N) is 1. The van der Waals surface area contributed by atoms with Crippen LogP contribution < -0.4 is 0 Å². The van der Waals surface area contributed by atoms with Crippen LogP contribution in [-0.2, 0) is 4.74 Å². The molecule has 0 radical (unpaired) electrons. The number of fused-ring (bicyclic) bond motifs is 1. The van der Waals surface area contributed by atoms with Crippen molar-refractivity contribution < 1.29 is 13.9 Å². The maximum atomic E-state index is 14.2. The van der Waals surface area contributed by atoms with Crippen molar-refractivity contribution >= 4 is 34.4 Å². The average Bonchev–Trinajstić information content (AvgIpc) is 3.01. The van der Waals surface area contributed by atoms with Crippen LogP contribution in [0, 0.1) is 0 Å². The average molecular weight is 324 g/mol. The summed E-state index contributed by atoms with van der Waals surface area (Å²) in [6, 6.07) is 1.57. The number of Topliss-reactive ketones (excluding diaryl/α,β-unsaturated/α-hetero) is 1. The molecule has 6 heteroatoms. The third-order valence-corrected chi connectivity index (χ3v) is 4.39. The van der Waals surface area contributed by atoms with Gasteiger partial charge in [0.1, 0.15) is 5.83 Å². The van der Waals surface area contributed by atoms with Gasteiger partial charge in [-0.05, 0) is 19.1 Å². The summed E-state index contributed by atoms with van der Waals surface area (Å²) in [6.45, 7) is 1.81. The molecule has 108 valence electrons. The smallest absolute Gasteiger partial charge is 0.198 e. The Morgan fingerprint density at radius 2 is 2.29 bits per heavy atom. The van der Waals surface area contributed by atoms with Gasteiger partial charge in [-0.1, -0.05) is 11.6 Å². The molecule has 0 saturated carbocycles. The van der Waals surface area contributed by atoms with E-state index < -0.39 is 5.83 Å². The zero-order chi connectivity index (χ0) is 15.1. The van der Waals surface area contributed by atoms with Crippen LogP contribution in [0.2, 0.25) is 4.34 Å². The molecule has 1 aliphatic carbocycles. The van der Waals surface area contributed by atoms with Crippen molar-refractivity contribution in [3.63, 3.8) is 0 Å². The summed E-state index contributed by atoms with van der Waals surface area (Å²) >= 11 is 7.13. The van der Waals surface area contributed by atoms with Gasteiger partial charge in [0.05, 0.1) is 22.7 Å². The lowest BCUT2D eigenvalue weighted by Crippen LogP contribution is -2.18. The van der Waals surface area contributed by atoms with Crippen LogP contribution >= 0.6 is 22.9 Å². The van der Waals surface area contributed by atoms with E-state index in [-0.39, 0.29) is 23.5 Å². The van der Waals surface area contributed by atoms with Gasteiger partial charge in [-0.25, -0.2) is 4.39 Å². The zero-order valence-corrected chi connectivity index (χ0v) is 12.9. The van der Waals surface area contributed by atoms with Gasteiger partial charge >= 0.3 is 0 Å². The first kappa shape index (κ1) is 14.2. The van der Waals surface area contributed by atoms with Crippen LogP contribution in [0.15, 0.2) is 50.9 Å². The van der Waals surface area contributed by atoms with E-state index in [1.807, 2.05) is 6.92 Å². The summed E-state index contributed by atoms with van der Waals surface area (Å²) in [4.78, 5) is 17.0. The summed E-state index contributed by atoms with van der Waals surface area (Å²) in [7, 11) is 1.36. The molecule has 1 aliphatic heterocycles. The number of hydrogen-bond acceptors (Lipinski definition) is 4. The number of carbonyl (C=O) groups is 1. The van der Waals surface area contributed by atoms with Crippen LogP contribution in [0.25, 0.3) is 0 Å². The van der Waals surface area contributed by atoms with Crippen molar-refractivity contribution in [1.29, 1.82) is 0 Å². The molecule has 2 aliphatic rings. The second kappa shape index (κ2) is 5.24. The SMILES string of the molecule is COC1=C(F)CC2=NC(C)=CC2=C1C(=O)c1csc(Cl)c1. The quantitative estimate of drug-likeness (QED) is 0.770. The van der Waals surface area contributed by atoms with E-state index >= 15 is 0 Å². The second-order valence-corrected chi connectivity index (χ2v) is 6.26. The molecule has 0 N–H and O–H groups in total. The topological polar surface area (TPSA) is 38.7 Å². The van der Waals surface area contributed by atoms with Crippen LogP contribution in [0.1, 0.15) is 23.7 Å². The van der Waals surface area contributed by atoms with E-state index in [1.54, 1.807) is 17.5 Å². The number of ketones is 1. The molecule has 0 saturated heterocycles. The van der Waals surface area contributed by atoms with E-state index in [0.29, 0.717) is 21.2 Å². The van der Waals surface area contributed by atoms with Gasteiger partial charge in [0.2, 0.25) is 0 Å². The molecular weight excluding hydrogens is 313 g/mol. The summed E-state index contributed by atoms with van der Waals surface area (Å²) in [5.74, 6) is -0.798. The van der Waals surface area contributed by atoms with Gasteiger partial charge in [0.25, 0.3) is 0 Å². The molecule has 0 unspecified atom stereocenters. The van der Waals surface area contributed by atoms with E-state index in [1.165, 1.54) is 18.4 Å². The summed E-state index contributed by atoms with van der Waals surface area (Å²) < 4.78 is 19.8. The first-order valence-corrected chi connectivity index (χ1v) is 7.49. The second-order valence-electron chi connectivity index (χ2n) is 4.72. The Balaban J connectivity index is 2.17. The molecule has 0 bridgehead atoms. The normalized spacial score (nSPS) is 17.7. The van der Waals surface area contributed by atoms with Crippen molar-refractivity contribution in [2.75, 3.05) is 7.11 Å². The lowest BCUT2D eigenvalue weighted by atomic mass is 9.89. The Morgan fingerprint density at radius 1 is 1.52 bits per heavy atom. The Bertz CT molecular complexity index is 770.